The van der Waals surface area contributed by atoms with Gasteiger partial charge in [0.15, 0.2) is 11.6 Å². The smallest absolute Gasteiger partial charge is 0.190 e. The summed E-state index contributed by atoms with van der Waals surface area (Å²) in [4.78, 5) is 24.4. The number of hydrogen-bond acceptors (Lipinski definition) is 4. The van der Waals surface area contributed by atoms with Gasteiger partial charge in [-0.2, -0.15) is 0 Å². The second-order valence-electron chi connectivity index (χ2n) is 9.93. The Hall–Kier alpha value is -1.00. The fraction of sp³-hybridized carbons (Fsp3) is 0.818. The first-order chi connectivity index (χ1) is 12.2. The number of carbonyl (C=O) groups excluding carboxylic acids is 2. The Morgan fingerprint density at radius 1 is 1.19 bits per heavy atom. The van der Waals surface area contributed by atoms with E-state index in [0.717, 1.165) is 32.1 Å². The van der Waals surface area contributed by atoms with Crippen LogP contribution in [0.25, 0.3) is 0 Å². The highest BCUT2D eigenvalue weighted by molar-refractivity contribution is 5.92. The van der Waals surface area contributed by atoms with E-state index in [1.807, 2.05) is 6.08 Å². The van der Waals surface area contributed by atoms with Crippen molar-refractivity contribution in [1.82, 2.24) is 0 Å². The lowest BCUT2D eigenvalue weighted by molar-refractivity contribution is -0.165. The zero-order chi connectivity index (χ0) is 18.9. The molecule has 0 unspecified atom stereocenters. The highest BCUT2D eigenvalue weighted by Gasteiger charge is 2.66. The molecule has 4 aliphatic carbocycles. The molecule has 0 heterocycles. The SMILES string of the molecule is C[C@@H]1C[C@@H]2[C@H](CC[C@@]3(C)[C@H]2CC[C@]3(O)C(=O)CO)[C@@]2(C)CCC(=O)C=C12. The van der Waals surface area contributed by atoms with Gasteiger partial charge in [-0.15, -0.1) is 0 Å². The first-order valence-corrected chi connectivity index (χ1v) is 10.3. The van der Waals surface area contributed by atoms with Crippen LogP contribution in [0.3, 0.4) is 0 Å². The van der Waals surface area contributed by atoms with Gasteiger partial charge in [0.1, 0.15) is 12.2 Å². The molecule has 0 saturated heterocycles. The van der Waals surface area contributed by atoms with Gasteiger partial charge in [-0.3, -0.25) is 9.59 Å². The average Bonchev–Trinajstić information content (AvgIpc) is 2.88. The maximum atomic E-state index is 12.4. The Bertz CT molecular complexity index is 682. The molecule has 4 heteroatoms. The number of ketones is 2. The predicted molar refractivity (Wildman–Crippen MR) is 98.3 cm³/mol. The number of Topliss-reactive ketones (excluding diaryl/α,β-unsaturated/α-hetero) is 1. The Morgan fingerprint density at radius 3 is 2.58 bits per heavy atom. The van der Waals surface area contributed by atoms with Gasteiger partial charge in [0.05, 0.1) is 0 Å². The highest BCUT2D eigenvalue weighted by atomic mass is 16.3. The topological polar surface area (TPSA) is 74.6 Å². The summed E-state index contributed by atoms with van der Waals surface area (Å²) < 4.78 is 0. The summed E-state index contributed by atoms with van der Waals surface area (Å²) in [6.07, 6.45) is 7.71. The number of aliphatic hydroxyl groups is 2. The molecule has 144 valence electrons. The summed E-state index contributed by atoms with van der Waals surface area (Å²) in [5, 5.41) is 20.6. The third-order valence-electron chi connectivity index (χ3n) is 9.04. The highest BCUT2D eigenvalue weighted by Crippen LogP contribution is 2.68. The van der Waals surface area contributed by atoms with Gasteiger partial charge >= 0.3 is 0 Å². The van der Waals surface area contributed by atoms with Crippen molar-refractivity contribution in [2.45, 2.75) is 71.3 Å². The Morgan fingerprint density at radius 2 is 1.88 bits per heavy atom. The summed E-state index contributed by atoms with van der Waals surface area (Å²) in [7, 11) is 0. The predicted octanol–water partition coefficient (Wildman–Crippen LogP) is 3.06. The molecule has 3 saturated carbocycles. The van der Waals surface area contributed by atoms with Gasteiger partial charge in [0, 0.05) is 11.8 Å². The van der Waals surface area contributed by atoms with E-state index in [2.05, 4.69) is 20.8 Å². The summed E-state index contributed by atoms with van der Waals surface area (Å²) in [6, 6.07) is 0. The minimum atomic E-state index is -1.37. The van der Waals surface area contributed by atoms with Crippen molar-refractivity contribution in [3.05, 3.63) is 11.6 Å². The van der Waals surface area contributed by atoms with Crippen molar-refractivity contribution < 1.29 is 19.8 Å². The molecule has 0 aromatic rings. The van der Waals surface area contributed by atoms with Crippen LogP contribution in [-0.4, -0.2) is 34.0 Å². The molecule has 0 aliphatic heterocycles. The monoisotopic (exact) mass is 360 g/mol. The second-order valence-corrected chi connectivity index (χ2v) is 9.93. The van der Waals surface area contributed by atoms with Crippen LogP contribution >= 0.6 is 0 Å². The molecule has 0 spiro atoms. The van der Waals surface area contributed by atoms with Crippen molar-refractivity contribution in [3.63, 3.8) is 0 Å². The molecule has 0 amide bonds. The third kappa shape index (κ3) is 2.15. The Kier molecular flexibility index (Phi) is 4.06. The van der Waals surface area contributed by atoms with Crippen molar-refractivity contribution >= 4 is 11.6 Å². The van der Waals surface area contributed by atoms with E-state index < -0.39 is 23.4 Å². The molecule has 4 aliphatic rings. The van der Waals surface area contributed by atoms with Gasteiger partial charge in [-0.05, 0) is 73.7 Å². The summed E-state index contributed by atoms with van der Waals surface area (Å²) in [5.41, 5.74) is -0.381. The van der Waals surface area contributed by atoms with Gasteiger partial charge in [-0.25, -0.2) is 0 Å². The van der Waals surface area contributed by atoms with E-state index in [1.165, 1.54) is 5.57 Å². The van der Waals surface area contributed by atoms with Crippen molar-refractivity contribution in [3.8, 4) is 0 Å². The van der Waals surface area contributed by atoms with Crippen molar-refractivity contribution in [1.29, 1.82) is 0 Å². The summed E-state index contributed by atoms with van der Waals surface area (Å²) >= 11 is 0. The van der Waals surface area contributed by atoms with Gasteiger partial charge in [-0.1, -0.05) is 26.3 Å². The molecular formula is C22H32O4. The van der Waals surface area contributed by atoms with Crippen LogP contribution in [0.2, 0.25) is 0 Å². The lowest BCUT2D eigenvalue weighted by Gasteiger charge is -2.60. The molecule has 0 aromatic heterocycles. The number of carbonyl (C=O) groups is 2. The normalized spacial score (nSPS) is 50.5. The average molecular weight is 360 g/mol. The first-order valence-electron chi connectivity index (χ1n) is 10.3. The molecular weight excluding hydrogens is 328 g/mol. The van der Waals surface area contributed by atoms with E-state index in [4.69, 9.17) is 0 Å². The maximum Gasteiger partial charge on any atom is 0.190 e. The quantitative estimate of drug-likeness (QED) is 0.794. The fourth-order valence-corrected chi connectivity index (χ4v) is 7.59. The lowest BCUT2D eigenvalue weighted by Crippen LogP contribution is -2.58. The molecule has 4 nitrogen and oxygen atoms in total. The van der Waals surface area contributed by atoms with Crippen LogP contribution in [0, 0.1) is 34.5 Å². The van der Waals surface area contributed by atoms with Crippen LogP contribution in [0.4, 0.5) is 0 Å². The van der Waals surface area contributed by atoms with E-state index >= 15 is 0 Å². The second kappa shape index (κ2) is 5.75. The zero-order valence-corrected chi connectivity index (χ0v) is 16.3. The van der Waals surface area contributed by atoms with Gasteiger partial charge < -0.3 is 10.2 Å². The summed E-state index contributed by atoms with van der Waals surface area (Å²) in [5.74, 6) is 1.59. The lowest BCUT2D eigenvalue weighted by atomic mass is 9.44. The largest absolute Gasteiger partial charge is 0.388 e. The Balaban J connectivity index is 1.72. The van der Waals surface area contributed by atoms with Crippen LogP contribution in [-0.2, 0) is 9.59 Å². The zero-order valence-electron chi connectivity index (χ0n) is 16.3. The first kappa shape index (κ1) is 18.4. The van der Waals surface area contributed by atoms with Gasteiger partial charge in [0.25, 0.3) is 0 Å². The third-order valence-corrected chi connectivity index (χ3v) is 9.04. The molecule has 0 aromatic carbocycles. The number of fused-ring (bicyclic) bond motifs is 5. The van der Waals surface area contributed by atoms with Gasteiger partial charge in [0.2, 0.25) is 0 Å². The van der Waals surface area contributed by atoms with Crippen LogP contribution in [0.15, 0.2) is 11.6 Å². The number of hydrogen-bond donors (Lipinski definition) is 2. The van der Waals surface area contributed by atoms with Crippen LogP contribution in [0.1, 0.15) is 65.7 Å². The van der Waals surface area contributed by atoms with E-state index in [0.29, 0.717) is 36.5 Å². The van der Waals surface area contributed by atoms with Crippen molar-refractivity contribution in [2.75, 3.05) is 6.61 Å². The maximum absolute atomic E-state index is 12.4. The fourth-order valence-electron chi connectivity index (χ4n) is 7.59. The molecule has 7 atom stereocenters. The Labute approximate surface area is 156 Å². The van der Waals surface area contributed by atoms with E-state index in [9.17, 15) is 19.8 Å². The minimum Gasteiger partial charge on any atom is -0.388 e. The molecule has 26 heavy (non-hydrogen) atoms. The van der Waals surface area contributed by atoms with Crippen LogP contribution in [0.5, 0.6) is 0 Å². The van der Waals surface area contributed by atoms with E-state index in [1.54, 1.807) is 0 Å². The van der Waals surface area contributed by atoms with E-state index in [-0.39, 0.29) is 11.2 Å². The number of aliphatic hydroxyl groups excluding tert-OH is 1. The van der Waals surface area contributed by atoms with Crippen molar-refractivity contribution in [2.24, 2.45) is 34.5 Å². The standard InChI is InChI=1S/C22H32O4/c1-13-10-15-16(20(2)7-4-14(24)11-18(13)20)5-8-21(3)17(15)6-9-22(21,26)19(25)12-23/h11,13,15-17,23,26H,4-10,12H2,1-3H3/t13-,15-,16+,17+,20-,21+,22+/m1/s1. The number of rotatable bonds is 2. The molecule has 2 N–H and O–H groups in total. The summed E-state index contributed by atoms with van der Waals surface area (Å²) in [6.45, 7) is 6.10. The molecule has 0 bridgehead atoms. The number of allylic oxidation sites excluding steroid dienone is 1. The molecule has 3 fully saturated rings. The molecule has 0 radical (unpaired) electrons. The minimum absolute atomic E-state index is 0.0826. The molecule has 4 rings (SSSR count). The van der Waals surface area contributed by atoms with Crippen LogP contribution < -0.4 is 0 Å².